The second-order valence-electron chi connectivity index (χ2n) is 9.78. The summed E-state index contributed by atoms with van der Waals surface area (Å²) in [5.74, 6) is 0.915. The molecule has 1 heterocycles. The number of imidazole rings is 1. The molecule has 4 rings (SSSR count). The zero-order valence-corrected chi connectivity index (χ0v) is 22.8. The quantitative estimate of drug-likeness (QED) is 0.219. The van der Waals surface area contributed by atoms with Crippen molar-refractivity contribution in [1.82, 2.24) is 19.8 Å². The lowest BCUT2D eigenvalue weighted by Crippen LogP contribution is -2.38. The molecule has 1 aromatic heterocycles. The summed E-state index contributed by atoms with van der Waals surface area (Å²) in [6.07, 6.45) is 3.51. The molecule has 38 heavy (non-hydrogen) atoms. The standard InChI is InChI=1S/C31H35ClN4O2/c1-23(2)35(21-24-11-5-3-6-12-24)30(37)22-36-28-14-9-8-13-27(28)34-29(36)15-7-4-10-20-33-31(38)25-16-18-26(32)19-17-25/h3,5-6,8-9,11-14,16-19,23H,4,7,10,15,20-22H2,1-2H3,(H,33,38). The third-order valence-corrected chi connectivity index (χ3v) is 6.89. The van der Waals surface area contributed by atoms with Gasteiger partial charge in [0.15, 0.2) is 0 Å². The smallest absolute Gasteiger partial charge is 0.251 e. The van der Waals surface area contributed by atoms with Crippen molar-refractivity contribution in [3.63, 3.8) is 0 Å². The number of fused-ring (bicyclic) bond motifs is 1. The van der Waals surface area contributed by atoms with Gasteiger partial charge in [-0.25, -0.2) is 4.98 Å². The van der Waals surface area contributed by atoms with E-state index < -0.39 is 0 Å². The molecule has 0 bridgehead atoms. The van der Waals surface area contributed by atoms with Crippen molar-refractivity contribution in [2.45, 2.75) is 58.7 Å². The first kappa shape index (κ1) is 27.4. The fraction of sp³-hybridized carbons (Fsp3) is 0.323. The summed E-state index contributed by atoms with van der Waals surface area (Å²) < 4.78 is 2.07. The SMILES string of the molecule is CC(C)N(Cc1ccccc1)C(=O)Cn1c(CCCCCNC(=O)c2ccc(Cl)cc2)nc2ccccc21. The molecule has 0 atom stereocenters. The van der Waals surface area contributed by atoms with Gasteiger partial charge in [0, 0.05) is 36.1 Å². The van der Waals surface area contributed by atoms with Gasteiger partial charge in [0.05, 0.1) is 11.0 Å². The number of nitrogens with one attached hydrogen (secondary N) is 1. The average Bonchev–Trinajstić information content (AvgIpc) is 3.26. The van der Waals surface area contributed by atoms with Gasteiger partial charge in [0.1, 0.15) is 12.4 Å². The number of benzene rings is 3. The minimum Gasteiger partial charge on any atom is -0.352 e. The van der Waals surface area contributed by atoms with Crippen LogP contribution in [0, 0.1) is 0 Å². The van der Waals surface area contributed by atoms with Crippen molar-refractivity contribution in [2.75, 3.05) is 6.54 Å². The monoisotopic (exact) mass is 530 g/mol. The second-order valence-corrected chi connectivity index (χ2v) is 10.2. The Kier molecular flexibility index (Phi) is 9.55. The van der Waals surface area contributed by atoms with E-state index in [1.165, 1.54) is 0 Å². The molecule has 0 fully saturated rings. The van der Waals surface area contributed by atoms with Gasteiger partial charge in [-0.05, 0) is 68.7 Å². The number of amides is 2. The van der Waals surface area contributed by atoms with Crippen molar-refractivity contribution in [1.29, 1.82) is 0 Å². The Morgan fingerprint density at radius 3 is 2.37 bits per heavy atom. The second kappa shape index (κ2) is 13.2. The number of carbonyl (C=O) groups is 2. The fourth-order valence-corrected chi connectivity index (χ4v) is 4.67. The molecule has 6 nitrogen and oxygen atoms in total. The van der Waals surface area contributed by atoms with E-state index in [0.717, 1.165) is 48.1 Å². The van der Waals surface area contributed by atoms with Crippen molar-refractivity contribution in [2.24, 2.45) is 0 Å². The molecular weight excluding hydrogens is 496 g/mol. The highest BCUT2D eigenvalue weighted by molar-refractivity contribution is 6.30. The predicted octanol–water partition coefficient (Wildman–Crippen LogP) is 6.27. The summed E-state index contributed by atoms with van der Waals surface area (Å²) in [5, 5.41) is 3.58. The lowest BCUT2D eigenvalue weighted by Gasteiger charge is -2.27. The van der Waals surface area contributed by atoms with Crippen LogP contribution < -0.4 is 5.32 Å². The number of nitrogens with zero attached hydrogens (tertiary/aromatic N) is 3. The number of halogens is 1. The molecule has 0 aliphatic heterocycles. The lowest BCUT2D eigenvalue weighted by atomic mass is 10.1. The Bertz CT molecular complexity index is 1350. The third-order valence-electron chi connectivity index (χ3n) is 6.64. The normalized spacial score (nSPS) is 11.2. The van der Waals surface area contributed by atoms with E-state index in [-0.39, 0.29) is 24.4 Å². The highest BCUT2D eigenvalue weighted by Gasteiger charge is 2.20. The number of hydrogen-bond donors (Lipinski definition) is 1. The minimum atomic E-state index is -0.0906. The fourth-order valence-electron chi connectivity index (χ4n) is 4.55. The molecule has 4 aromatic rings. The van der Waals surface area contributed by atoms with Gasteiger partial charge in [-0.1, -0.05) is 60.5 Å². The van der Waals surface area contributed by atoms with E-state index in [1.807, 2.05) is 47.4 Å². The minimum absolute atomic E-state index is 0.0816. The van der Waals surface area contributed by atoms with Crippen LogP contribution in [0.15, 0.2) is 78.9 Å². The highest BCUT2D eigenvalue weighted by atomic mass is 35.5. The van der Waals surface area contributed by atoms with Crippen LogP contribution in [0.5, 0.6) is 0 Å². The maximum atomic E-state index is 13.5. The Balaban J connectivity index is 1.35. The molecule has 0 aliphatic rings. The molecular formula is C31H35ClN4O2. The number of rotatable bonds is 12. The number of aromatic nitrogens is 2. The molecule has 0 radical (unpaired) electrons. The largest absolute Gasteiger partial charge is 0.352 e. The maximum Gasteiger partial charge on any atom is 0.251 e. The van der Waals surface area contributed by atoms with Gasteiger partial charge in [-0.15, -0.1) is 0 Å². The Morgan fingerprint density at radius 2 is 1.63 bits per heavy atom. The predicted molar refractivity (Wildman–Crippen MR) is 153 cm³/mol. The maximum absolute atomic E-state index is 13.5. The van der Waals surface area contributed by atoms with Gasteiger partial charge in [-0.3, -0.25) is 9.59 Å². The molecule has 7 heteroatoms. The molecule has 3 aromatic carbocycles. The third kappa shape index (κ3) is 7.23. The van der Waals surface area contributed by atoms with E-state index in [2.05, 4.69) is 35.9 Å². The van der Waals surface area contributed by atoms with Gasteiger partial charge in [0.2, 0.25) is 5.91 Å². The van der Waals surface area contributed by atoms with Gasteiger partial charge >= 0.3 is 0 Å². The van der Waals surface area contributed by atoms with Crippen LogP contribution in [0.25, 0.3) is 11.0 Å². The zero-order chi connectivity index (χ0) is 26.9. The van der Waals surface area contributed by atoms with E-state index in [9.17, 15) is 9.59 Å². The van der Waals surface area contributed by atoms with E-state index in [4.69, 9.17) is 16.6 Å². The Labute approximate surface area is 229 Å². The van der Waals surface area contributed by atoms with Crippen molar-refractivity contribution in [3.8, 4) is 0 Å². The van der Waals surface area contributed by atoms with Gasteiger partial charge < -0.3 is 14.8 Å². The number of unbranched alkanes of at least 4 members (excludes halogenated alkanes) is 2. The molecule has 0 saturated carbocycles. The van der Waals surface area contributed by atoms with Crippen LogP contribution in [0.4, 0.5) is 0 Å². The number of para-hydroxylation sites is 2. The molecule has 198 valence electrons. The van der Waals surface area contributed by atoms with E-state index in [0.29, 0.717) is 23.7 Å². The molecule has 2 amide bonds. The van der Waals surface area contributed by atoms with Crippen LogP contribution in [-0.4, -0.2) is 38.9 Å². The summed E-state index contributed by atoms with van der Waals surface area (Å²) in [4.78, 5) is 32.6. The summed E-state index contributed by atoms with van der Waals surface area (Å²) >= 11 is 5.90. The average molecular weight is 531 g/mol. The van der Waals surface area contributed by atoms with Crippen LogP contribution in [0.3, 0.4) is 0 Å². The number of hydrogen-bond acceptors (Lipinski definition) is 3. The first-order valence-corrected chi connectivity index (χ1v) is 13.6. The van der Waals surface area contributed by atoms with Crippen molar-refractivity contribution < 1.29 is 9.59 Å². The van der Waals surface area contributed by atoms with E-state index in [1.54, 1.807) is 24.3 Å². The van der Waals surface area contributed by atoms with Crippen molar-refractivity contribution in [3.05, 3.63) is 101 Å². The van der Waals surface area contributed by atoms with Crippen LogP contribution >= 0.6 is 11.6 Å². The zero-order valence-electron chi connectivity index (χ0n) is 22.1. The van der Waals surface area contributed by atoms with Crippen LogP contribution in [0.1, 0.15) is 54.9 Å². The summed E-state index contributed by atoms with van der Waals surface area (Å²) in [6, 6.07) is 25.1. The van der Waals surface area contributed by atoms with Gasteiger partial charge in [0.25, 0.3) is 5.91 Å². The number of aryl methyl sites for hydroxylation is 1. The molecule has 0 aliphatic carbocycles. The van der Waals surface area contributed by atoms with E-state index >= 15 is 0 Å². The first-order chi connectivity index (χ1) is 18.4. The molecule has 1 N–H and O–H groups in total. The lowest BCUT2D eigenvalue weighted by molar-refractivity contribution is -0.134. The summed E-state index contributed by atoms with van der Waals surface area (Å²) in [5.41, 5.74) is 3.61. The summed E-state index contributed by atoms with van der Waals surface area (Å²) in [6.45, 7) is 5.57. The molecule has 0 spiro atoms. The topological polar surface area (TPSA) is 67.2 Å². The number of carbonyl (C=O) groups excluding carboxylic acids is 2. The molecule has 0 unspecified atom stereocenters. The molecule has 0 saturated heterocycles. The van der Waals surface area contributed by atoms with Crippen molar-refractivity contribution >= 4 is 34.4 Å². The Hall–Kier alpha value is -3.64. The van der Waals surface area contributed by atoms with Gasteiger partial charge in [-0.2, -0.15) is 0 Å². The van der Waals surface area contributed by atoms with Crippen LogP contribution in [0.2, 0.25) is 5.02 Å². The Morgan fingerprint density at radius 1 is 0.921 bits per heavy atom. The first-order valence-electron chi connectivity index (χ1n) is 13.2. The summed E-state index contributed by atoms with van der Waals surface area (Å²) in [7, 11) is 0. The van der Waals surface area contributed by atoms with Crippen LogP contribution in [-0.2, 0) is 24.3 Å². The highest BCUT2D eigenvalue weighted by Crippen LogP contribution is 2.19.